The SMILES string of the molecule is CC(C)c1cc(Br)c2ccc3nc(C(=O)O)cn3c2n1. The molecule has 0 bridgehead atoms. The van der Waals surface area contributed by atoms with Crippen molar-refractivity contribution in [3.8, 4) is 0 Å². The molecule has 6 heteroatoms. The lowest BCUT2D eigenvalue weighted by atomic mass is 10.1. The molecular formula is C14H12BrN3O2. The first-order valence-corrected chi connectivity index (χ1v) is 6.98. The highest BCUT2D eigenvalue weighted by atomic mass is 79.9. The van der Waals surface area contributed by atoms with E-state index in [1.54, 1.807) is 10.5 Å². The molecule has 102 valence electrons. The molecule has 0 saturated heterocycles. The van der Waals surface area contributed by atoms with Gasteiger partial charge in [-0.1, -0.05) is 13.8 Å². The largest absolute Gasteiger partial charge is 0.476 e. The zero-order valence-corrected chi connectivity index (χ0v) is 12.5. The Balaban J connectivity index is 2.41. The Hall–Kier alpha value is -1.95. The monoisotopic (exact) mass is 333 g/mol. The summed E-state index contributed by atoms with van der Waals surface area (Å²) in [5, 5.41) is 9.98. The van der Waals surface area contributed by atoms with Crippen molar-refractivity contribution in [1.29, 1.82) is 0 Å². The molecule has 3 aromatic rings. The molecule has 0 radical (unpaired) electrons. The maximum Gasteiger partial charge on any atom is 0.356 e. The van der Waals surface area contributed by atoms with E-state index in [1.165, 1.54) is 6.20 Å². The van der Waals surface area contributed by atoms with Crippen molar-refractivity contribution >= 4 is 38.6 Å². The van der Waals surface area contributed by atoms with Crippen LogP contribution in [-0.4, -0.2) is 25.4 Å². The molecule has 1 N–H and O–H groups in total. The van der Waals surface area contributed by atoms with Crippen molar-refractivity contribution in [2.45, 2.75) is 19.8 Å². The average Bonchev–Trinajstić information content (AvgIpc) is 2.82. The van der Waals surface area contributed by atoms with Crippen LogP contribution in [0.3, 0.4) is 0 Å². The van der Waals surface area contributed by atoms with Crippen LogP contribution >= 0.6 is 15.9 Å². The van der Waals surface area contributed by atoms with Crippen molar-refractivity contribution in [3.63, 3.8) is 0 Å². The van der Waals surface area contributed by atoms with Crippen LogP contribution in [-0.2, 0) is 0 Å². The fourth-order valence-electron chi connectivity index (χ4n) is 2.11. The van der Waals surface area contributed by atoms with Gasteiger partial charge in [-0.3, -0.25) is 4.40 Å². The minimum Gasteiger partial charge on any atom is -0.476 e. The first kappa shape index (κ1) is 13.1. The minimum absolute atomic E-state index is 0.0189. The predicted molar refractivity (Wildman–Crippen MR) is 79.2 cm³/mol. The van der Waals surface area contributed by atoms with Crippen molar-refractivity contribution in [3.05, 3.63) is 40.3 Å². The van der Waals surface area contributed by atoms with Crippen LogP contribution in [0, 0.1) is 0 Å². The summed E-state index contributed by atoms with van der Waals surface area (Å²) in [7, 11) is 0. The van der Waals surface area contributed by atoms with Crippen molar-refractivity contribution < 1.29 is 9.90 Å². The summed E-state index contributed by atoms with van der Waals surface area (Å²) in [6.45, 7) is 4.13. The second kappa shape index (κ2) is 4.56. The van der Waals surface area contributed by atoms with E-state index in [1.807, 2.05) is 12.1 Å². The Bertz CT molecular complexity index is 839. The first-order valence-electron chi connectivity index (χ1n) is 6.19. The van der Waals surface area contributed by atoms with E-state index in [2.05, 4.69) is 39.7 Å². The molecule has 0 fully saturated rings. The van der Waals surface area contributed by atoms with Gasteiger partial charge in [0.15, 0.2) is 5.69 Å². The number of carbonyl (C=O) groups is 1. The summed E-state index contributed by atoms with van der Waals surface area (Å²) in [4.78, 5) is 19.8. The van der Waals surface area contributed by atoms with Crippen LogP contribution in [0.25, 0.3) is 16.7 Å². The minimum atomic E-state index is -1.04. The molecule has 5 nitrogen and oxygen atoms in total. The van der Waals surface area contributed by atoms with Gasteiger partial charge in [0.1, 0.15) is 11.3 Å². The topological polar surface area (TPSA) is 67.5 Å². The summed E-state index contributed by atoms with van der Waals surface area (Å²) in [6.07, 6.45) is 1.50. The van der Waals surface area contributed by atoms with Gasteiger partial charge in [0.25, 0.3) is 0 Å². The molecule has 0 aliphatic heterocycles. The number of nitrogens with zero attached hydrogens (tertiary/aromatic N) is 3. The number of pyridine rings is 2. The average molecular weight is 334 g/mol. The van der Waals surface area contributed by atoms with Crippen LogP contribution < -0.4 is 0 Å². The molecule has 20 heavy (non-hydrogen) atoms. The maximum absolute atomic E-state index is 11.0. The van der Waals surface area contributed by atoms with Crippen molar-refractivity contribution in [1.82, 2.24) is 14.4 Å². The van der Waals surface area contributed by atoms with E-state index in [4.69, 9.17) is 5.11 Å². The number of hydrogen-bond donors (Lipinski definition) is 1. The number of imidazole rings is 1. The Morgan fingerprint density at radius 3 is 2.75 bits per heavy atom. The zero-order valence-electron chi connectivity index (χ0n) is 11.0. The van der Waals surface area contributed by atoms with Crippen LogP contribution in [0.2, 0.25) is 0 Å². The quantitative estimate of drug-likeness (QED) is 0.779. The molecule has 3 rings (SSSR count). The van der Waals surface area contributed by atoms with Crippen LogP contribution in [0.1, 0.15) is 35.9 Å². The fourth-order valence-corrected chi connectivity index (χ4v) is 2.65. The fraction of sp³-hybridized carbons (Fsp3) is 0.214. The Morgan fingerprint density at radius 2 is 2.10 bits per heavy atom. The van der Waals surface area contributed by atoms with Gasteiger partial charge in [0.05, 0.1) is 0 Å². The molecule has 0 saturated carbocycles. The number of carboxylic acids is 1. The van der Waals surface area contributed by atoms with E-state index < -0.39 is 5.97 Å². The molecule has 0 aliphatic carbocycles. The number of aromatic carboxylic acids is 1. The van der Waals surface area contributed by atoms with E-state index in [9.17, 15) is 4.79 Å². The van der Waals surface area contributed by atoms with Crippen LogP contribution in [0.15, 0.2) is 28.9 Å². The van der Waals surface area contributed by atoms with Gasteiger partial charge in [-0.25, -0.2) is 14.8 Å². The Labute approximate surface area is 123 Å². The molecule has 0 spiro atoms. The van der Waals surface area contributed by atoms with E-state index in [0.29, 0.717) is 11.3 Å². The zero-order chi connectivity index (χ0) is 14.4. The lowest BCUT2D eigenvalue weighted by Crippen LogP contribution is -1.98. The highest BCUT2D eigenvalue weighted by molar-refractivity contribution is 9.10. The third-order valence-corrected chi connectivity index (χ3v) is 3.84. The molecular weight excluding hydrogens is 322 g/mol. The van der Waals surface area contributed by atoms with Gasteiger partial charge >= 0.3 is 5.97 Å². The molecule has 0 amide bonds. The lowest BCUT2D eigenvalue weighted by Gasteiger charge is -2.09. The molecule has 3 aromatic heterocycles. The number of hydrogen-bond acceptors (Lipinski definition) is 3. The molecule has 0 aromatic carbocycles. The molecule has 0 unspecified atom stereocenters. The summed E-state index contributed by atoms with van der Waals surface area (Å²) in [5.74, 6) is -0.755. The molecule has 3 heterocycles. The Morgan fingerprint density at radius 1 is 1.35 bits per heavy atom. The smallest absolute Gasteiger partial charge is 0.356 e. The van der Waals surface area contributed by atoms with Gasteiger partial charge < -0.3 is 5.11 Å². The lowest BCUT2D eigenvalue weighted by molar-refractivity contribution is 0.0691. The van der Waals surface area contributed by atoms with E-state index in [-0.39, 0.29) is 11.6 Å². The van der Waals surface area contributed by atoms with Crippen molar-refractivity contribution in [2.75, 3.05) is 0 Å². The number of carboxylic acid groups (broad SMARTS) is 1. The number of halogens is 1. The van der Waals surface area contributed by atoms with E-state index in [0.717, 1.165) is 15.6 Å². The first-order chi connectivity index (χ1) is 9.47. The van der Waals surface area contributed by atoms with Gasteiger partial charge in [-0.15, -0.1) is 0 Å². The molecule has 0 atom stereocenters. The van der Waals surface area contributed by atoms with Gasteiger partial charge in [-0.05, 0) is 40.0 Å². The normalized spacial score (nSPS) is 11.6. The maximum atomic E-state index is 11.0. The highest BCUT2D eigenvalue weighted by Crippen LogP contribution is 2.27. The third-order valence-electron chi connectivity index (χ3n) is 3.18. The summed E-state index contributed by atoms with van der Waals surface area (Å²) >= 11 is 3.55. The number of aromatic nitrogens is 3. The van der Waals surface area contributed by atoms with Gasteiger partial charge in [-0.2, -0.15) is 0 Å². The second-order valence-electron chi connectivity index (χ2n) is 4.91. The van der Waals surface area contributed by atoms with Crippen LogP contribution in [0.4, 0.5) is 0 Å². The number of fused-ring (bicyclic) bond motifs is 3. The second-order valence-corrected chi connectivity index (χ2v) is 5.77. The highest BCUT2D eigenvalue weighted by Gasteiger charge is 2.13. The van der Waals surface area contributed by atoms with Crippen LogP contribution in [0.5, 0.6) is 0 Å². The predicted octanol–water partition coefficient (Wildman–Crippen LogP) is 3.47. The Kier molecular flexibility index (Phi) is 2.97. The van der Waals surface area contributed by atoms with E-state index >= 15 is 0 Å². The summed E-state index contributed by atoms with van der Waals surface area (Å²) < 4.78 is 2.66. The molecule has 0 aliphatic rings. The summed E-state index contributed by atoms with van der Waals surface area (Å²) in [5.41, 5.74) is 2.25. The van der Waals surface area contributed by atoms with Gasteiger partial charge in [0.2, 0.25) is 0 Å². The third kappa shape index (κ3) is 1.96. The standard InChI is InChI=1S/C14H12BrN3O2/c1-7(2)10-5-9(15)8-3-4-12-16-11(14(19)20)6-18(12)13(8)17-10/h3-7H,1-2H3,(H,19,20). The van der Waals surface area contributed by atoms with Gasteiger partial charge in [0, 0.05) is 21.7 Å². The number of rotatable bonds is 2. The summed E-state index contributed by atoms with van der Waals surface area (Å²) in [6, 6.07) is 5.68. The van der Waals surface area contributed by atoms with Crippen molar-refractivity contribution in [2.24, 2.45) is 0 Å².